The molecule has 4 nitrogen and oxygen atoms in total. The van der Waals surface area contributed by atoms with Gasteiger partial charge in [0.05, 0.1) is 11.4 Å². The molecule has 0 atom stereocenters. The normalized spacial score (nSPS) is 14.8. The highest BCUT2D eigenvalue weighted by molar-refractivity contribution is 6.30. The number of benzene rings is 1. The highest BCUT2D eigenvalue weighted by Gasteiger charge is 2.32. The summed E-state index contributed by atoms with van der Waals surface area (Å²) in [6.45, 7) is 2.75. The molecule has 0 unspecified atom stereocenters. The summed E-state index contributed by atoms with van der Waals surface area (Å²) < 4.78 is 3.64. The van der Waals surface area contributed by atoms with Crippen molar-refractivity contribution in [1.82, 2.24) is 9.36 Å². The van der Waals surface area contributed by atoms with Crippen LogP contribution in [0.1, 0.15) is 31.4 Å². The molecule has 0 aliphatic heterocycles. The van der Waals surface area contributed by atoms with Crippen molar-refractivity contribution in [2.45, 2.75) is 32.2 Å². The molecule has 1 aliphatic rings. The fourth-order valence-corrected chi connectivity index (χ4v) is 2.64. The summed E-state index contributed by atoms with van der Waals surface area (Å²) >= 11 is 5.89. The minimum atomic E-state index is -0.133. The average molecular weight is 278 g/mol. The van der Waals surface area contributed by atoms with Gasteiger partial charge in [-0.05, 0) is 44.0 Å². The molecule has 1 heterocycles. The minimum Gasteiger partial charge on any atom is -0.393 e. The van der Waals surface area contributed by atoms with E-state index in [2.05, 4.69) is 0 Å². The Balaban J connectivity index is 2.23. The molecule has 100 valence electrons. The summed E-state index contributed by atoms with van der Waals surface area (Å²) in [5.41, 5.74) is 8.05. The standard InChI is InChI=1S/C14H16ClN3O/c1-2-17-13(9-3-4-9)12(16)14(19)18(17)11-7-5-10(15)6-8-11/h5-9H,2-4,16H2,1H3. The quantitative estimate of drug-likeness (QED) is 0.938. The van der Waals surface area contributed by atoms with Gasteiger partial charge in [-0.15, -0.1) is 0 Å². The molecule has 0 amide bonds. The molecular weight excluding hydrogens is 262 g/mol. The first kappa shape index (κ1) is 12.4. The monoisotopic (exact) mass is 277 g/mol. The maximum Gasteiger partial charge on any atom is 0.294 e. The molecule has 2 aromatic rings. The second kappa shape index (κ2) is 4.46. The van der Waals surface area contributed by atoms with E-state index in [9.17, 15) is 4.79 Å². The Bertz CT molecular complexity index is 665. The lowest BCUT2D eigenvalue weighted by Crippen LogP contribution is -2.21. The van der Waals surface area contributed by atoms with Gasteiger partial charge in [-0.3, -0.25) is 9.48 Å². The first-order chi connectivity index (χ1) is 9.13. The van der Waals surface area contributed by atoms with Crippen molar-refractivity contribution in [3.63, 3.8) is 0 Å². The SMILES string of the molecule is CCn1c(C2CC2)c(N)c(=O)n1-c1ccc(Cl)cc1. The minimum absolute atomic E-state index is 0.133. The van der Waals surface area contributed by atoms with Crippen LogP contribution in [-0.2, 0) is 6.54 Å². The molecule has 1 fully saturated rings. The Kier molecular flexibility index (Phi) is 2.90. The van der Waals surface area contributed by atoms with E-state index in [4.69, 9.17) is 17.3 Å². The largest absolute Gasteiger partial charge is 0.393 e. The van der Waals surface area contributed by atoms with E-state index in [0.717, 1.165) is 30.8 Å². The Morgan fingerprint density at radius 3 is 2.47 bits per heavy atom. The van der Waals surface area contributed by atoms with Crippen LogP contribution in [0.4, 0.5) is 5.69 Å². The fourth-order valence-electron chi connectivity index (χ4n) is 2.52. The van der Waals surface area contributed by atoms with Crippen LogP contribution in [0.25, 0.3) is 5.69 Å². The molecule has 19 heavy (non-hydrogen) atoms. The van der Waals surface area contributed by atoms with Crippen LogP contribution in [0.2, 0.25) is 5.02 Å². The Hall–Kier alpha value is -1.68. The highest BCUT2D eigenvalue weighted by atomic mass is 35.5. The van der Waals surface area contributed by atoms with Gasteiger partial charge in [-0.2, -0.15) is 0 Å². The summed E-state index contributed by atoms with van der Waals surface area (Å²) in [4.78, 5) is 12.4. The van der Waals surface area contributed by atoms with Gasteiger partial charge in [0.25, 0.3) is 5.56 Å². The maximum atomic E-state index is 12.4. The number of hydrogen-bond acceptors (Lipinski definition) is 2. The number of rotatable bonds is 3. The first-order valence-corrected chi connectivity index (χ1v) is 6.88. The maximum absolute atomic E-state index is 12.4. The molecule has 5 heteroatoms. The molecule has 1 aromatic heterocycles. The van der Waals surface area contributed by atoms with Gasteiger partial charge in [-0.1, -0.05) is 11.6 Å². The Morgan fingerprint density at radius 1 is 1.32 bits per heavy atom. The van der Waals surface area contributed by atoms with Gasteiger partial charge < -0.3 is 5.73 Å². The summed E-state index contributed by atoms with van der Waals surface area (Å²) in [5.74, 6) is 0.446. The number of aromatic nitrogens is 2. The zero-order valence-electron chi connectivity index (χ0n) is 10.8. The average Bonchev–Trinajstić information content (AvgIpc) is 3.20. The van der Waals surface area contributed by atoms with Crippen molar-refractivity contribution in [2.24, 2.45) is 0 Å². The third-order valence-corrected chi connectivity index (χ3v) is 3.80. The third-order valence-electron chi connectivity index (χ3n) is 3.55. The molecule has 0 saturated heterocycles. The number of nitrogen functional groups attached to an aromatic ring is 1. The van der Waals surface area contributed by atoms with Gasteiger partial charge in [0.15, 0.2) is 0 Å². The molecule has 0 bridgehead atoms. The van der Waals surface area contributed by atoms with E-state index in [1.54, 1.807) is 16.8 Å². The van der Waals surface area contributed by atoms with Crippen LogP contribution >= 0.6 is 11.6 Å². The predicted octanol–water partition coefficient (Wildman–Crippen LogP) is 2.77. The summed E-state index contributed by atoms with van der Waals surface area (Å²) in [6, 6.07) is 7.24. The van der Waals surface area contributed by atoms with E-state index >= 15 is 0 Å². The summed E-state index contributed by atoms with van der Waals surface area (Å²) in [7, 11) is 0. The van der Waals surface area contributed by atoms with Gasteiger partial charge in [0.2, 0.25) is 0 Å². The number of anilines is 1. The fraction of sp³-hybridized carbons (Fsp3) is 0.357. The highest BCUT2D eigenvalue weighted by Crippen LogP contribution is 2.42. The Labute approximate surface area is 116 Å². The van der Waals surface area contributed by atoms with Crippen LogP contribution in [0.3, 0.4) is 0 Å². The molecule has 0 radical (unpaired) electrons. The van der Waals surface area contributed by atoms with Gasteiger partial charge in [-0.25, -0.2) is 4.68 Å². The lowest BCUT2D eigenvalue weighted by molar-refractivity contribution is 0.549. The van der Waals surface area contributed by atoms with Crippen molar-refractivity contribution in [1.29, 1.82) is 0 Å². The van der Waals surface area contributed by atoms with Crippen LogP contribution < -0.4 is 11.3 Å². The van der Waals surface area contributed by atoms with Crippen molar-refractivity contribution in [2.75, 3.05) is 5.73 Å². The summed E-state index contributed by atoms with van der Waals surface area (Å²) in [6.07, 6.45) is 2.24. The van der Waals surface area contributed by atoms with E-state index in [0.29, 0.717) is 16.6 Å². The second-order valence-electron chi connectivity index (χ2n) is 4.88. The van der Waals surface area contributed by atoms with E-state index in [1.807, 2.05) is 23.7 Å². The van der Waals surface area contributed by atoms with Crippen molar-refractivity contribution >= 4 is 17.3 Å². The number of halogens is 1. The molecule has 2 N–H and O–H groups in total. The molecule has 1 aliphatic carbocycles. The number of nitrogens with zero attached hydrogens (tertiary/aromatic N) is 2. The van der Waals surface area contributed by atoms with E-state index in [-0.39, 0.29) is 5.56 Å². The molecule has 1 saturated carbocycles. The van der Waals surface area contributed by atoms with Crippen LogP contribution in [0, 0.1) is 0 Å². The van der Waals surface area contributed by atoms with Crippen molar-refractivity contribution in [3.8, 4) is 5.69 Å². The van der Waals surface area contributed by atoms with E-state index < -0.39 is 0 Å². The Morgan fingerprint density at radius 2 is 1.95 bits per heavy atom. The second-order valence-corrected chi connectivity index (χ2v) is 5.32. The van der Waals surface area contributed by atoms with Crippen molar-refractivity contribution in [3.05, 3.63) is 45.3 Å². The number of hydrogen-bond donors (Lipinski definition) is 1. The van der Waals surface area contributed by atoms with E-state index in [1.165, 1.54) is 0 Å². The zero-order chi connectivity index (χ0) is 13.6. The molecule has 0 spiro atoms. The molecule has 1 aromatic carbocycles. The van der Waals surface area contributed by atoms with Gasteiger partial charge >= 0.3 is 0 Å². The first-order valence-electron chi connectivity index (χ1n) is 6.50. The third kappa shape index (κ3) is 1.96. The predicted molar refractivity (Wildman–Crippen MR) is 77.1 cm³/mol. The van der Waals surface area contributed by atoms with Gasteiger partial charge in [0.1, 0.15) is 5.69 Å². The zero-order valence-corrected chi connectivity index (χ0v) is 11.5. The molecular formula is C14H16ClN3O. The molecule has 3 rings (SSSR count). The van der Waals surface area contributed by atoms with Crippen LogP contribution in [-0.4, -0.2) is 9.36 Å². The lowest BCUT2D eigenvalue weighted by Gasteiger charge is -2.12. The smallest absolute Gasteiger partial charge is 0.294 e. The van der Waals surface area contributed by atoms with Crippen LogP contribution in [0.15, 0.2) is 29.1 Å². The summed E-state index contributed by atoms with van der Waals surface area (Å²) in [5, 5.41) is 0.654. The van der Waals surface area contributed by atoms with Crippen LogP contribution in [0.5, 0.6) is 0 Å². The van der Waals surface area contributed by atoms with Gasteiger partial charge in [0, 0.05) is 17.5 Å². The van der Waals surface area contributed by atoms with Crippen molar-refractivity contribution < 1.29 is 0 Å². The lowest BCUT2D eigenvalue weighted by atomic mass is 10.2. The number of nitrogens with two attached hydrogens (primary N) is 1. The topological polar surface area (TPSA) is 52.9 Å².